The molecule has 3 aromatic rings. The molecule has 124 valence electrons. The molecule has 3 rings (SSSR count). The van der Waals surface area contributed by atoms with Crippen LogP contribution in [-0.2, 0) is 26.0 Å². The van der Waals surface area contributed by atoms with Crippen LogP contribution in [0.5, 0.6) is 0 Å². The Morgan fingerprint density at radius 3 is 2.54 bits per heavy atom. The smallest absolute Gasteiger partial charge is 0.311 e. The number of carbonyl (C=O) groups is 1. The van der Waals surface area contributed by atoms with Crippen LogP contribution in [0.4, 0.5) is 0 Å². The molecule has 0 aliphatic rings. The number of fused-ring (bicyclic) bond motifs is 1. The molecule has 0 radical (unpaired) electrons. The molecule has 0 atom stereocenters. The highest BCUT2D eigenvalue weighted by molar-refractivity contribution is 7.90. The minimum atomic E-state index is -3.78. The average Bonchev–Trinajstić information content (AvgIpc) is 3.01. The fraction of sp³-hybridized carbons (Fsp3) is 0.188. The normalized spacial score (nSPS) is 11.6. The molecule has 1 aromatic carbocycles. The number of hydrogen-bond donors (Lipinski definition) is 0. The van der Waals surface area contributed by atoms with Gasteiger partial charge in [-0.1, -0.05) is 17.7 Å². The van der Waals surface area contributed by atoms with Crippen molar-refractivity contribution in [2.24, 2.45) is 0 Å². The molecule has 2 heterocycles. The van der Waals surface area contributed by atoms with Crippen LogP contribution in [0.15, 0.2) is 47.8 Å². The first-order valence-corrected chi connectivity index (χ1v) is 8.57. The first-order chi connectivity index (χ1) is 11.4. The van der Waals surface area contributed by atoms with E-state index < -0.39 is 16.0 Å². The maximum absolute atomic E-state index is 12.8. The number of ether oxygens (including phenoxy) is 1. The van der Waals surface area contributed by atoms with E-state index in [-0.39, 0.29) is 17.0 Å². The van der Waals surface area contributed by atoms with Gasteiger partial charge in [0.05, 0.1) is 24.1 Å². The molecule has 0 unspecified atom stereocenters. The topological polar surface area (TPSA) is 91.2 Å². The molecule has 2 aromatic heterocycles. The van der Waals surface area contributed by atoms with Crippen LogP contribution in [-0.4, -0.2) is 35.4 Å². The van der Waals surface area contributed by atoms with Crippen LogP contribution < -0.4 is 0 Å². The predicted molar refractivity (Wildman–Crippen MR) is 87.0 cm³/mol. The number of aryl methyl sites for hydroxylation is 1. The number of methoxy groups -OCH3 is 1. The second-order valence-electron chi connectivity index (χ2n) is 5.24. The second kappa shape index (κ2) is 6.04. The Balaban J connectivity index is 2.12. The minimum Gasteiger partial charge on any atom is -0.469 e. The zero-order valence-electron chi connectivity index (χ0n) is 13.1. The molecule has 0 saturated carbocycles. The van der Waals surface area contributed by atoms with Crippen molar-refractivity contribution in [1.82, 2.24) is 13.9 Å². The monoisotopic (exact) mass is 345 g/mol. The van der Waals surface area contributed by atoms with E-state index in [1.165, 1.54) is 19.6 Å². The Bertz CT molecular complexity index is 1010. The van der Waals surface area contributed by atoms with Gasteiger partial charge in [-0.25, -0.2) is 22.4 Å². The Morgan fingerprint density at radius 1 is 1.17 bits per heavy atom. The van der Waals surface area contributed by atoms with Crippen LogP contribution in [0.3, 0.4) is 0 Å². The summed E-state index contributed by atoms with van der Waals surface area (Å²) in [7, 11) is -2.49. The van der Waals surface area contributed by atoms with Crippen molar-refractivity contribution < 1.29 is 17.9 Å². The molecular weight excluding hydrogens is 330 g/mol. The fourth-order valence-electron chi connectivity index (χ4n) is 2.35. The lowest BCUT2D eigenvalue weighted by molar-refractivity contribution is -0.139. The molecule has 0 spiro atoms. The highest BCUT2D eigenvalue weighted by Crippen LogP contribution is 2.22. The molecule has 0 bridgehead atoms. The van der Waals surface area contributed by atoms with Gasteiger partial charge in [-0.3, -0.25) is 4.79 Å². The van der Waals surface area contributed by atoms with E-state index >= 15 is 0 Å². The van der Waals surface area contributed by atoms with Crippen molar-refractivity contribution >= 4 is 27.0 Å². The molecule has 0 aliphatic carbocycles. The summed E-state index contributed by atoms with van der Waals surface area (Å²) < 4.78 is 31.4. The van der Waals surface area contributed by atoms with Crippen LogP contribution in [0, 0.1) is 6.92 Å². The van der Waals surface area contributed by atoms with Gasteiger partial charge >= 0.3 is 5.97 Å². The summed E-state index contributed by atoms with van der Waals surface area (Å²) in [6.45, 7) is 1.88. The number of benzene rings is 1. The van der Waals surface area contributed by atoms with E-state index in [2.05, 4.69) is 14.7 Å². The van der Waals surface area contributed by atoms with Crippen LogP contribution >= 0.6 is 0 Å². The Morgan fingerprint density at radius 2 is 1.88 bits per heavy atom. The van der Waals surface area contributed by atoms with E-state index in [0.717, 1.165) is 9.54 Å². The number of esters is 1. The second-order valence-corrected chi connectivity index (χ2v) is 7.06. The summed E-state index contributed by atoms with van der Waals surface area (Å²) in [5.41, 5.74) is 1.61. The number of nitrogens with zero attached hydrogens (tertiary/aromatic N) is 3. The van der Waals surface area contributed by atoms with E-state index in [0.29, 0.717) is 11.1 Å². The van der Waals surface area contributed by atoms with Crippen LogP contribution in [0.25, 0.3) is 11.0 Å². The summed E-state index contributed by atoms with van der Waals surface area (Å²) in [6, 6.07) is 8.14. The Labute approximate surface area is 139 Å². The molecule has 0 amide bonds. The van der Waals surface area contributed by atoms with Crippen molar-refractivity contribution in [3.8, 4) is 0 Å². The molecule has 7 nitrogen and oxygen atoms in total. The SMILES string of the molecule is COC(=O)Cc1ncnc2c1ccn2S(=O)(=O)c1ccc(C)cc1. The van der Waals surface area contributed by atoms with Crippen molar-refractivity contribution in [3.05, 3.63) is 54.1 Å². The summed E-state index contributed by atoms with van der Waals surface area (Å²) in [6.07, 6.45) is 2.60. The largest absolute Gasteiger partial charge is 0.469 e. The molecule has 0 aliphatic heterocycles. The van der Waals surface area contributed by atoms with E-state index in [1.807, 2.05) is 6.92 Å². The Hall–Kier alpha value is -2.74. The summed E-state index contributed by atoms with van der Waals surface area (Å²) >= 11 is 0. The summed E-state index contributed by atoms with van der Waals surface area (Å²) in [5.74, 6) is -0.454. The summed E-state index contributed by atoms with van der Waals surface area (Å²) in [5, 5.41) is 0.499. The number of rotatable bonds is 4. The first kappa shape index (κ1) is 16.1. The zero-order valence-corrected chi connectivity index (χ0v) is 13.9. The molecule has 24 heavy (non-hydrogen) atoms. The van der Waals surface area contributed by atoms with Gasteiger partial charge < -0.3 is 4.74 Å². The van der Waals surface area contributed by atoms with E-state index in [1.54, 1.807) is 30.3 Å². The number of carbonyl (C=O) groups excluding carboxylic acids is 1. The Kier molecular flexibility index (Phi) is 4.06. The molecule has 0 saturated heterocycles. The zero-order chi connectivity index (χ0) is 17.3. The fourth-order valence-corrected chi connectivity index (χ4v) is 3.65. The van der Waals surface area contributed by atoms with Gasteiger partial charge in [0.2, 0.25) is 0 Å². The lowest BCUT2D eigenvalue weighted by atomic mass is 10.2. The van der Waals surface area contributed by atoms with Gasteiger partial charge in [-0.15, -0.1) is 0 Å². The maximum Gasteiger partial charge on any atom is 0.311 e. The first-order valence-electron chi connectivity index (χ1n) is 7.13. The van der Waals surface area contributed by atoms with Crippen molar-refractivity contribution in [2.45, 2.75) is 18.2 Å². The van der Waals surface area contributed by atoms with Gasteiger partial charge in [0.1, 0.15) is 6.33 Å². The van der Waals surface area contributed by atoms with Gasteiger partial charge in [-0.05, 0) is 25.1 Å². The van der Waals surface area contributed by atoms with E-state index in [9.17, 15) is 13.2 Å². The van der Waals surface area contributed by atoms with Gasteiger partial charge in [0.15, 0.2) is 5.65 Å². The standard InChI is InChI=1S/C16H15N3O4S/c1-11-3-5-12(6-4-11)24(21,22)19-8-7-13-14(9-15(20)23-2)17-10-18-16(13)19/h3-8,10H,9H2,1-2H3. The minimum absolute atomic E-state index is 0.0515. The maximum atomic E-state index is 12.8. The van der Waals surface area contributed by atoms with Gasteiger partial charge in [0, 0.05) is 11.6 Å². The molecular formula is C16H15N3O4S. The third kappa shape index (κ3) is 2.76. The van der Waals surface area contributed by atoms with Gasteiger partial charge in [-0.2, -0.15) is 0 Å². The summed E-state index contributed by atoms with van der Waals surface area (Å²) in [4.78, 5) is 19.8. The molecule has 0 fully saturated rings. The average molecular weight is 345 g/mol. The lowest BCUT2D eigenvalue weighted by Crippen LogP contribution is -2.13. The van der Waals surface area contributed by atoms with Gasteiger partial charge in [0.25, 0.3) is 10.0 Å². The van der Waals surface area contributed by atoms with E-state index in [4.69, 9.17) is 0 Å². The molecule has 8 heteroatoms. The lowest BCUT2D eigenvalue weighted by Gasteiger charge is -2.08. The third-order valence-corrected chi connectivity index (χ3v) is 5.33. The quantitative estimate of drug-likeness (QED) is 0.668. The van der Waals surface area contributed by atoms with Crippen molar-refractivity contribution in [2.75, 3.05) is 7.11 Å². The van der Waals surface area contributed by atoms with Crippen LogP contribution in [0.2, 0.25) is 0 Å². The molecule has 0 N–H and O–H groups in total. The van der Waals surface area contributed by atoms with Crippen LogP contribution in [0.1, 0.15) is 11.3 Å². The van der Waals surface area contributed by atoms with Crippen molar-refractivity contribution in [3.63, 3.8) is 0 Å². The third-order valence-electron chi connectivity index (χ3n) is 3.65. The highest BCUT2D eigenvalue weighted by atomic mass is 32.2. The predicted octanol–water partition coefficient (Wildman–Crippen LogP) is 1.69. The highest BCUT2D eigenvalue weighted by Gasteiger charge is 2.21. The number of aromatic nitrogens is 3. The van der Waals surface area contributed by atoms with Crippen molar-refractivity contribution in [1.29, 1.82) is 0 Å². The number of hydrogen-bond acceptors (Lipinski definition) is 6.